The van der Waals surface area contributed by atoms with Crippen LogP contribution in [0.1, 0.15) is 5.82 Å². The van der Waals surface area contributed by atoms with Crippen molar-refractivity contribution in [3.05, 3.63) is 71.0 Å². The van der Waals surface area contributed by atoms with Crippen LogP contribution in [0.4, 0.5) is 0 Å². The van der Waals surface area contributed by atoms with E-state index >= 15 is 0 Å². The molecule has 1 aromatic carbocycles. The van der Waals surface area contributed by atoms with E-state index in [2.05, 4.69) is 9.97 Å². The van der Waals surface area contributed by atoms with Crippen molar-refractivity contribution in [1.82, 2.24) is 9.97 Å². The number of aromatic nitrogens is 3. The Bertz CT molecular complexity index is 740. The lowest BCUT2D eigenvalue weighted by atomic mass is 10.2. The van der Waals surface area contributed by atoms with E-state index in [1.165, 1.54) is 0 Å². The van der Waals surface area contributed by atoms with Crippen LogP contribution in [0.3, 0.4) is 0 Å². The fourth-order valence-electron chi connectivity index (χ4n) is 1.92. The molecular weight excluding hydrogens is 353 g/mol. The number of benzene rings is 1. The summed E-state index contributed by atoms with van der Waals surface area (Å²) in [6.07, 6.45) is 3.88. The molecule has 3 rings (SSSR count). The minimum absolute atomic E-state index is 0. The van der Waals surface area contributed by atoms with E-state index in [0.717, 1.165) is 5.52 Å². The van der Waals surface area contributed by atoms with Crippen LogP contribution in [0.25, 0.3) is 10.9 Å². The molecule has 1 N–H and O–H groups in total. The van der Waals surface area contributed by atoms with Crippen molar-refractivity contribution in [2.45, 2.75) is 6.54 Å². The van der Waals surface area contributed by atoms with Gasteiger partial charge in [-0.15, -0.1) is 0 Å². The molecule has 4 nitrogen and oxygen atoms in total. The third-order valence-electron chi connectivity index (χ3n) is 2.77. The molecule has 0 fully saturated rings. The van der Waals surface area contributed by atoms with Crippen LogP contribution in [0.2, 0.25) is 0 Å². The number of rotatable bonds is 2. The third-order valence-corrected chi connectivity index (χ3v) is 2.77. The molecular formula is C14H12IN3O. The van der Waals surface area contributed by atoms with E-state index in [9.17, 15) is 4.79 Å². The average molecular weight is 365 g/mol. The summed E-state index contributed by atoms with van der Waals surface area (Å²) in [4.78, 5) is 19.2. The van der Waals surface area contributed by atoms with Crippen molar-refractivity contribution in [1.29, 1.82) is 0 Å². The monoisotopic (exact) mass is 365 g/mol. The number of hydrogen-bond acceptors (Lipinski definition) is 2. The van der Waals surface area contributed by atoms with E-state index in [0.29, 0.717) is 17.8 Å². The minimum atomic E-state index is -0.0906. The number of para-hydroxylation sites is 1. The maximum Gasteiger partial charge on any atom is 0.258 e. The highest BCUT2D eigenvalue weighted by atomic mass is 127. The van der Waals surface area contributed by atoms with Crippen molar-refractivity contribution >= 4 is 10.9 Å². The molecule has 0 aliphatic carbocycles. The molecule has 0 atom stereocenters. The molecule has 0 bridgehead atoms. The Balaban J connectivity index is 0.00000133. The quantitative estimate of drug-likeness (QED) is 0.433. The van der Waals surface area contributed by atoms with E-state index in [4.69, 9.17) is 0 Å². The summed E-state index contributed by atoms with van der Waals surface area (Å²) >= 11 is 0. The van der Waals surface area contributed by atoms with Gasteiger partial charge >= 0.3 is 0 Å². The molecule has 0 aliphatic rings. The first-order valence-electron chi connectivity index (χ1n) is 5.75. The zero-order valence-corrected chi connectivity index (χ0v) is 12.2. The van der Waals surface area contributed by atoms with Gasteiger partial charge in [-0.25, -0.2) is 4.98 Å². The first-order chi connectivity index (χ1) is 8.83. The Labute approximate surface area is 127 Å². The summed E-state index contributed by atoms with van der Waals surface area (Å²) in [5, 5.41) is 0.624. The summed E-state index contributed by atoms with van der Waals surface area (Å²) < 4.78 is 1.97. The van der Waals surface area contributed by atoms with E-state index < -0.39 is 0 Å². The van der Waals surface area contributed by atoms with Crippen molar-refractivity contribution in [2.75, 3.05) is 0 Å². The normalized spacial score (nSPS) is 10.1. The lowest BCUT2D eigenvalue weighted by Crippen LogP contribution is -3.00. The fraction of sp³-hybridized carbons (Fsp3) is 0.0714. The second-order valence-corrected chi connectivity index (χ2v) is 4.08. The largest absolute Gasteiger partial charge is 1.00 e. The minimum Gasteiger partial charge on any atom is -1.00 e. The maximum atomic E-state index is 11.9. The van der Waals surface area contributed by atoms with Crippen LogP contribution in [0, 0.1) is 0 Å². The van der Waals surface area contributed by atoms with Crippen LogP contribution in [-0.2, 0) is 6.54 Å². The van der Waals surface area contributed by atoms with Gasteiger partial charge in [0.25, 0.3) is 5.56 Å². The highest BCUT2D eigenvalue weighted by molar-refractivity contribution is 5.77. The molecule has 0 spiro atoms. The van der Waals surface area contributed by atoms with Crippen molar-refractivity contribution in [3.63, 3.8) is 0 Å². The number of fused-ring (bicyclic) bond motifs is 1. The second kappa shape index (κ2) is 5.92. The van der Waals surface area contributed by atoms with Crippen LogP contribution < -0.4 is 34.1 Å². The highest BCUT2D eigenvalue weighted by Crippen LogP contribution is 2.05. The first kappa shape index (κ1) is 13.7. The molecule has 0 amide bonds. The number of nitrogens with zero attached hydrogens (tertiary/aromatic N) is 2. The lowest BCUT2D eigenvalue weighted by Gasteiger charge is -2.00. The molecule has 0 saturated carbocycles. The van der Waals surface area contributed by atoms with Crippen molar-refractivity contribution in [2.24, 2.45) is 0 Å². The lowest BCUT2D eigenvalue weighted by molar-refractivity contribution is -0.689. The zero-order chi connectivity index (χ0) is 12.4. The first-order valence-corrected chi connectivity index (χ1v) is 5.75. The van der Waals surface area contributed by atoms with E-state index in [1.807, 2.05) is 53.4 Å². The molecule has 5 heteroatoms. The predicted octanol–water partition coefficient (Wildman–Crippen LogP) is -1.74. The average Bonchev–Trinajstić information content (AvgIpc) is 2.40. The number of aromatic amines is 1. The van der Waals surface area contributed by atoms with Crippen molar-refractivity contribution < 1.29 is 28.5 Å². The summed E-state index contributed by atoms with van der Waals surface area (Å²) in [5.74, 6) is 0.662. The number of nitrogens with one attached hydrogen (secondary N) is 1. The maximum absolute atomic E-state index is 11.9. The smallest absolute Gasteiger partial charge is 0.258 e. The zero-order valence-electron chi connectivity index (χ0n) is 10.1. The van der Waals surface area contributed by atoms with E-state index in [1.54, 1.807) is 6.07 Å². The molecule has 0 radical (unpaired) electrons. The van der Waals surface area contributed by atoms with Gasteiger partial charge < -0.3 is 29.0 Å². The molecule has 96 valence electrons. The summed E-state index contributed by atoms with van der Waals surface area (Å²) in [5.41, 5.74) is 0.639. The fourth-order valence-corrected chi connectivity index (χ4v) is 1.92. The molecule has 3 aromatic rings. The standard InChI is InChI=1S/C14H11N3O.HI/c18-14-11-6-2-3-7-12(11)15-13(16-14)10-17-8-4-1-5-9-17;/h1-9H,10H2;1H. The number of hydrogen-bond donors (Lipinski definition) is 1. The Kier molecular flexibility index (Phi) is 4.26. The van der Waals surface area contributed by atoms with Crippen LogP contribution in [0.5, 0.6) is 0 Å². The Morgan fingerprint density at radius 2 is 1.79 bits per heavy atom. The topological polar surface area (TPSA) is 49.6 Å². The molecule has 2 aromatic heterocycles. The molecule has 0 aliphatic heterocycles. The van der Waals surface area contributed by atoms with Gasteiger partial charge in [0.2, 0.25) is 6.54 Å². The van der Waals surface area contributed by atoms with Gasteiger partial charge in [-0.1, -0.05) is 18.2 Å². The second-order valence-electron chi connectivity index (χ2n) is 4.08. The number of halogens is 1. The van der Waals surface area contributed by atoms with E-state index in [-0.39, 0.29) is 29.5 Å². The van der Waals surface area contributed by atoms with Gasteiger partial charge in [0.1, 0.15) is 0 Å². The Morgan fingerprint density at radius 1 is 1.05 bits per heavy atom. The summed E-state index contributed by atoms with van der Waals surface area (Å²) in [6, 6.07) is 13.2. The van der Waals surface area contributed by atoms with Gasteiger partial charge in [-0.05, 0) is 12.1 Å². The predicted molar refractivity (Wildman–Crippen MR) is 68.1 cm³/mol. The highest BCUT2D eigenvalue weighted by Gasteiger charge is 2.07. The van der Waals surface area contributed by atoms with Crippen LogP contribution in [0.15, 0.2) is 59.7 Å². The molecule has 0 saturated heterocycles. The van der Waals surface area contributed by atoms with Gasteiger partial charge in [0, 0.05) is 12.1 Å². The molecule has 19 heavy (non-hydrogen) atoms. The van der Waals surface area contributed by atoms with Crippen LogP contribution in [-0.4, -0.2) is 9.97 Å². The Morgan fingerprint density at radius 3 is 2.58 bits per heavy atom. The van der Waals surface area contributed by atoms with Gasteiger partial charge in [-0.3, -0.25) is 4.79 Å². The Hall–Kier alpha value is -1.76. The number of H-pyrrole nitrogens is 1. The molecule has 2 heterocycles. The third kappa shape index (κ3) is 2.98. The van der Waals surface area contributed by atoms with Gasteiger partial charge in [-0.2, -0.15) is 4.57 Å². The number of pyridine rings is 1. The summed E-state index contributed by atoms with van der Waals surface area (Å²) in [6.45, 7) is 0.556. The van der Waals surface area contributed by atoms with Crippen molar-refractivity contribution in [3.8, 4) is 0 Å². The van der Waals surface area contributed by atoms with Gasteiger partial charge in [0.15, 0.2) is 18.2 Å². The van der Waals surface area contributed by atoms with Crippen LogP contribution >= 0.6 is 0 Å². The SMILES string of the molecule is O=c1[nH]c(C[n+]2ccccc2)nc2ccccc12.[I-]. The van der Waals surface area contributed by atoms with Gasteiger partial charge in [0.05, 0.1) is 10.9 Å². The summed E-state index contributed by atoms with van der Waals surface area (Å²) in [7, 11) is 0. The molecule has 0 unspecified atom stereocenters.